The fraction of sp³-hybridized carbons (Fsp3) is 0.231. The van der Waals surface area contributed by atoms with Crippen molar-refractivity contribution in [3.63, 3.8) is 0 Å². The minimum atomic E-state index is -4.57. The third kappa shape index (κ3) is 4.46. The molecule has 2 atom stereocenters. The lowest BCUT2D eigenvalue weighted by Gasteiger charge is -2.28. The second-order valence-corrected chi connectivity index (χ2v) is 8.99. The van der Waals surface area contributed by atoms with Crippen LogP contribution in [0.25, 0.3) is 22.2 Å². The number of alkyl halides is 3. The lowest BCUT2D eigenvalue weighted by molar-refractivity contribution is -0.154. The van der Waals surface area contributed by atoms with Gasteiger partial charge >= 0.3 is 17.8 Å². The summed E-state index contributed by atoms with van der Waals surface area (Å²) in [5.41, 5.74) is 2.27. The summed E-state index contributed by atoms with van der Waals surface area (Å²) in [6, 6.07) is 15.3. The number of rotatable bonds is 5. The first kappa shape index (κ1) is 24.6. The number of aromatic nitrogens is 2. The van der Waals surface area contributed by atoms with Gasteiger partial charge in [-0.25, -0.2) is 9.59 Å². The van der Waals surface area contributed by atoms with Gasteiger partial charge in [0.25, 0.3) is 0 Å². The van der Waals surface area contributed by atoms with Crippen molar-refractivity contribution in [2.24, 2.45) is 14.1 Å². The molecule has 0 saturated carbocycles. The molecule has 1 heterocycles. The van der Waals surface area contributed by atoms with Crippen LogP contribution in [0.3, 0.4) is 0 Å². The largest absolute Gasteiger partial charge is 0.478 e. The van der Waals surface area contributed by atoms with E-state index >= 15 is 0 Å². The molecule has 0 aliphatic carbocycles. The predicted molar refractivity (Wildman–Crippen MR) is 129 cm³/mol. The monoisotopic (exact) mass is 502 g/mol. The number of imidazole rings is 1. The molecule has 0 bridgehead atoms. The van der Waals surface area contributed by atoms with E-state index in [2.05, 4.69) is 0 Å². The lowest BCUT2D eigenvalue weighted by Crippen LogP contribution is -2.26. The van der Waals surface area contributed by atoms with Crippen LogP contribution in [0, 0.1) is 0 Å². The Balaban J connectivity index is 1.76. The second kappa shape index (κ2) is 8.92. The molecule has 1 aromatic heterocycles. The maximum absolute atomic E-state index is 14.4. The standard InChI is InChI=1S/C26H22ClF3N2O3/c1-14(19-9-7-16(12-20(19)27)15-5-4-6-18(11-15)24(33)34)23(26(28,29)30)17-8-10-21-22(13-17)32(3)25(35)31(21)2/h4-14,23H,1-3H3,(H,33,34). The van der Waals surface area contributed by atoms with Crippen molar-refractivity contribution < 1.29 is 23.1 Å². The number of carboxylic acid groups (broad SMARTS) is 1. The van der Waals surface area contributed by atoms with Crippen molar-refractivity contribution >= 4 is 28.6 Å². The van der Waals surface area contributed by atoms with E-state index in [0.29, 0.717) is 27.7 Å². The third-order valence-corrected chi connectivity index (χ3v) is 6.77. The Morgan fingerprint density at radius 2 is 1.60 bits per heavy atom. The zero-order valence-electron chi connectivity index (χ0n) is 19.1. The molecule has 35 heavy (non-hydrogen) atoms. The molecule has 0 aliphatic heterocycles. The number of hydrogen-bond donors (Lipinski definition) is 1. The smallest absolute Gasteiger partial charge is 0.396 e. The van der Waals surface area contributed by atoms with Gasteiger partial charge in [-0.05, 0) is 58.5 Å². The summed E-state index contributed by atoms with van der Waals surface area (Å²) in [4.78, 5) is 23.5. The van der Waals surface area contributed by atoms with Crippen molar-refractivity contribution in [1.29, 1.82) is 0 Å². The number of hydrogen-bond acceptors (Lipinski definition) is 2. The van der Waals surface area contributed by atoms with Gasteiger partial charge in [0.1, 0.15) is 0 Å². The Bertz CT molecular complexity index is 1500. The average molecular weight is 503 g/mol. The molecule has 3 aromatic carbocycles. The summed E-state index contributed by atoms with van der Waals surface area (Å²) in [5, 5.41) is 9.37. The van der Waals surface area contributed by atoms with E-state index in [-0.39, 0.29) is 21.8 Å². The van der Waals surface area contributed by atoms with Gasteiger partial charge in [0, 0.05) is 19.1 Å². The van der Waals surface area contributed by atoms with E-state index in [1.165, 1.54) is 53.4 Å². The minimum Gasteiger partial charge on any atom is -0.478 e. The molecule has 2 unspecified atom stereocenters. The highest BCUT2D eigenvalue weighted by molar-refractivity contribution is 6.31. The lowest BCUT2D eigenvalue weighted by atomic mass is 9.81. The number of carboxylic acids is 1. The first-order chi connectivity index (χ1) is 16.4. The molecular formula is C26H22ClF3N2O3. The highest BCUT2D eigenvalue weighted by Crippen LogP contribution is 2.47. The molecular weight excluding hydrogens is 481 g/mol. The van der Waals surface area contributed by atoms with Gasteiger partial charge in [-0.2, -0.15) is 13.2 Å². The van der Waals surface area contributed by atoms with Gasteiger partial charge in [-0.1, -0.05) is 48.9 Å². The number of aryl methyl sites for hydroxylation is 2. The second-order valence-electron chi connectivity index (χ2n) is 8.58. The number of carbonyl (C=O) groups is 1. The van der Waals surface area contributed by atoms with Gasteiger partial charge in [-0.15, -0.1) is 0 Å². The molecule has 0 aliphatic rings. The van der Waals surface area contributed by atoms with Crippen LogP contribution >= 0.6 is 11.6 Å². The zero-order chi connectivity index (χ0) is 25.7. The Hall–Kier alpha value is -3.52. The number of halogens is 4. The quantitative estimate of drug-likeness (QED) is 0.346. The fourth-order valence-electron chi connectivity index (χ4n) is 4.57. The van der Waals surface area contributed by atoms with Gasteiger partial charge in [0.15, 0.2) is 0 Å². The van der Waals surface area contributed by atoms with Crippen molar-refractivity contribution in [2.75, 3.05) is 0 Å². The first-order valence-corrected chi connectivity index (χ1v) is 11.1. The maximum atomic E-state index is 14.4. The highest BCUT2D eigenvalue weighted by atomic mass is 35.5. The van der Waals surface area contributed by atoms with E-state index in [0.717, 1.165) is 0 Å². The summed E-state index contributed by atoms with van der Waals surface area (Å²) in [6.07, 6.45) is -4.57. The number of aromatic carboxylic acids is 1. The normalized spacial score (nSPS) is 13.7. The molecule has 4 aromatic rings. The SMILES string of the molecule is CC(c1ccc(-c2cccc(C(=O)O)c2)cc1Cl)C(c1ccc2c(c1)n(C)c(=O)n2C)C(F)(F)F. The number of nitrogens with zero attached hydrogens (tertiary/aromatic N) is 2. The highest BCUT2D eigenvalue weighted by Gasteiger charge is 2.45. The molecule has 4 rings (SSSR count). The number of benzene rings is 3. The molecule has 0 saturated heterocycles. The third-order valence-electron chi connectivity index (χ3n) is 6.44. The summed E-state index contributed by atoms with van der Waals surface area (Å²) in [7, 11) is 3.09. The maximum Gasteiger partial charge on any atom is 0.396 e. The Kier molecular flexibility index (Phi) is 6.27. The molecule has 182 valence electrons. The van der Waals surface area contributed by atoms with Gasteiger partial charge in [0.2, 0.25) is 0 Å². The summed E-state index contributed by atoms with van der Waals surface area (Å²) >= 11 is 6.47. The molecule has 0 radical (unpaired) electrons. The predicted octanol–water partition coefficient (Wildman–Crippen LogP) is 6.35. The van der Waals surface area contributed by atoms with Gasteiger partial charge in [0.05, 0.1) is 22.5 Å². The summed E-state index contributed by atoms with van der Waals surface area (Å²) < 4.78 is 45.8. The molecule has 1 N–H and O–H groups in total. The molecule has 0 fully saturated rings. The van der Waals surface area contributed by atoms with E-state index in [1.54, 1.807) is 37.4 Å². The van der Waals surface area contributed by atoms with E-state index in [1.807, 2.05) is 0 Å². The Labute approximate surface area is 204 Å². The minimum absolute atomic E-state index is 0.0352. The fourth-order valence-corrected chi connectivity index (χ4v) is 4.92. The van der Waals surface area contributed by atoms with Gasteiger partial charge < -0.3 is 5.11 Å². The average Bonchev–Trinajstić information content (AvgIpc) is 3.01. The van der Waals surface area contributed by atoms with Crippen molar-refractivity contribution in [3.05, 3.63) is 92.9 Å². The summed E-state index contributed by atoms with van der Waals surface area (Å²) in [6.45, 7) is 1.47. The summed E-state index contributed by atoms with van der Waals surface area (Å²) in [5.74, 6) is -3.97. The van der Waals surface area contributed by atoms with Crippen LogP contribution in [0.4, 0.5) is 13.2 Å². The molecule has 0 spiro atoms. The Morgan fingerprint density at radius 1 is 0.943 bits per heavy atom. The van der Waals surface area contributed by atoms with Crippen LogP contribution in [0.2, 0.25) is 5.02 Å². The van der Waals surface area contributed by atoms with E-state index in [4.69, 9.17) is 11.6 Å². The van der Waals surface area contributed by atoms with Crippen LogP contribution in [-0.2, 0) is 14.1 Å². The van der Waals surface area contributed by atoms with Crippen LogP contribution in [0.1, 0.15) is 40.2 Å². The van der Waals surface area contributed by atoms with Gasteiger partial charge in [-0.3, -0.25) is 9.13 Å². The van der Waals surface area contributed by atoms with E-state index < -0.39 is 24.0 Å². The van der Waals surface area contributed by atoms with Crippen LogP contribution in [0.5, 0.6) is 0 Å². The number of fused-ring (bicyclic) bond motifs is 1. The first-order valence-electron chi connectivity index (χ1n) is 10.8. The molecule has 0 amide bonds. The van der Waals surface area contributed by atoms with E-state index in [9.17, 15) is 27.9 Å². The van der Waals surface area contributed by atoms with Crippen LogP contribution in [0.15, 0.2) is 65.5 Å². The van der Waals surface area contributed by atoms with Crippen molar-refractivity contribution in [1.82, 2.24) is 9.13 Å². The van der Waals surface area contributed by atoms with Crippen LogP contribution in [-0.4, -0.2) is 26.4 Å². The molecule has 9 heteroatoms. The van der Waals surface area contributed by atoms with Crippen molar-refractivity contribution in [3.8, 4) is 11.1 Å². The zero-order valence-corrected chi connectivity index (χ0v) is 19.9. The topological polar surface area (TPSA) is 64.2 Å². The Morgan fingerprint density at radius 3 is 2.23 bits per heavy atom. The van der Waals surface area contributed by atoms with Crippen LogP contribution < -0.4 is 5.69 Å². The van der Waals surface area contributed by atoms with Crippen molar-refractivity contribution in [2.45, 2.75) is 24.9 Å². The molecule has 5 nitrogen and oxygen atoms in total.